The third-order valence-corrected chi connectivity index (χ3v) is 10.3. The molecule has 48 heavy (non-hydrogen) atoms. The van der Waals surface area contributed by atoms with Crippen LogP contribution in [-0.2, 0) is 28.7 Å². The Kier molecular flexibility index (Phi) is 10.0. The highest BCUT2D eigenvalue weighted by Crippen LogP contribution is 2.59. The largest absolute Gasteiger partial charge is 0.497 e. The van der Waals surface area contributed by atoms with E-state index in [2.05, 4.69) is 21.2 Å². The number of nitrogens with one attached hydrogen (secondary N) is 1. The first-order valence-electron chi connectivity index (χ1n) is 16.3. The number of amides is 3. The van der Waals surface area contributed by atoms with Crippen LogP contribution in [0.25, 0.3) is 0 Å². The molecule has 11 nitrogen and oxygen atoms in total. The first-order valence-corrected chi connectivity index (χ1v) is 17.1. The summed E-state index contributed by atoms with van der Waals surface area (Å²) in [5.41, 5.74) is -0.170. The van der Waals surface area contributed by atoms with Crippen LogP contribution in [0.15, 0.2) is 77.3 Å². The number of halogens is 1. The number of hydrogen-bond acceptors (Lipinski definition) is 8. The Morgan fingerprint density at radius 2 is 1.75 bits per heavy atom. The number of aliphatic hydroxyl groups excluding tert-OH is 1. The summed E-state index contributed by atoms with van der Waals surface area (Å²) in [7, 11) is 1.56. The van der Waals surface area contributed by atoms with Crippen molar-refractivity contribution >= 4 is 45.3 Å². The molecule has 0 saturated carbocycles. The second-order valence-corrected chi connectivity index (χ2v) is 13.5. The van der Waals surface area contributed by atoms with Crippen molar-refractivity contribution in [1.29, 1.82) is 0 Å². The van der Waals surface area contributed by atoms with E-state index in [-0.39, 0.29) is 43.8 Å². The number of cyclic esters (lactones) is 1. The monoisotopic (exact) mass is 721 g/mol. The van der Waals surface area contributed by atoms with Gasteiger partial charge in [0.25, 0.3) is 5.91 Å². The highest BCUT2D eigenvalue weighted by atomic mass is 79.9. The third-order valence-electron chi connectivity index (χ3n) is 9.60. The van der Waals surface area contributed by atoms with Gasteiger partial charge in [-0.2, -0.15) is 0 Å². The van der Waals surface area contributed by atoms with Crippen molar-refractivity contribution in [3.63, 3.8) is 0 Å². The zero-order valence-corrected chi connectivity index (χ0v) is 28.5. The number of rotatable bonds is 7. The van der Waals surface area contributed by atoms with Gasteiger partial charge in [0.15, 0.2) is 0 Å². The van der Waals surface area contributed by atoms with Gasteiger partial charge in [0, 0.05) is 36.3 Å². The van der Waals surface area contributed by atoms with Gasteiger partial charge in [0.05, 0.1) is 19.1 Å². The van der Waals surface area contributed by atoms with Crippen LogP contribution in [0.5, 0.6) is 5.75 Å². The fourth-order valence-electron chi connectivity index (χ4n) is 7.35. The molecule has 7 atom stereocenters. The molecule has 4 heterocycles. The van der Waals surface area contributed by atoms with Crippen molar-refractivity contribution in [2.24, 2.45) is 11.8 Å². The second-order valence-electron chi connectivity index (χ2n) is 12.6. The summed E-state index contributed by atoms with van der Waals surface area (Å²) in [6.07, 6.45) is 5.28. The summed E-state index contributed by atoms with van der Waals surface area (Å²) >= 11 is 3.60. The van der Waals surface area contributed by atoms with Gasteiger partial charge in [-0.25, -0.2) is 0 Å². The number of allylic oxidation sites excluding steroid dienone is 1. The summed E-state index contributed by atoms with van der Waals surface area (Å²) in [5, 5.41) is 12.5. The third kappa shape index (κ3) is 6.17. The quantitative estimate of drug-likeness (QED) is 0.251. The topological polar surface area (TPSA) is 135 Å². The number of esters is 1. The molecule has 3 amide bonds. The minimum absolute atomic E-state index is 0.0629. The molecule has 2 N–H and O–H groups in total. The number of ether oxygens (including phenoxy) is 3. The highest BCUT2D eigenvalue weighted by Gasteiger charge is 2.75. The smallest absolute Gasteiger partial charge is 0.313 e. The van der Waals surface area contributed by atoms with Crippen LogP contribution in [0.4, 0.5) is 5.69 Å². The minimum atomic E-state index is -1.44. The number of nitrogens with zero attached hydrogens (tertiary/aromatic N) is 2. The molecule has 254 valence electrons. The van der Waals surface area contributed by atoms with Crippen LogP contribution >= 0.6 is 15.9 Å². The Bertz CT molecular complexity index is 1600. The van der Waals surface area contributed by atoms with E-state index in [1.807, 2.05) is 42.5 Å². The van der Waals surface area contributed by atoms with Crippen LogP contribution in [0.3, 0.4) is 0 Å². The van der Waals surface area contributed by atoms with Crippen molar-refractivity contribution in [3.8, 4) is 5.75 Å². The molecule has 2 aromatic rings. The molecule has 0 aromatic heterocycles. The molecule has 4 aliphatic rings. The molecular weight excluding hydrogens is 682 g/mol. The molecule has 2 fully saturated rings. The second kappa shape index (κ2) is 14.2. The molecule has 0 unspecified atom stereocenters. The Balaban J connectivity index is 1.45. The van der Waals surface area contributed by atoms with Gasteiger partial charge in [-0.05, 0) is 62.1 Å². The van der Waals surface area contributed by atoms with E-state index in [0.29, 0.717) is 40.7 Å². The first kappa shape index (κ1) is 33.9. The van der Waals surface area contributed by atoms with Gasteiger partial charge in [-0.1, -0.05) is 58.4 Å². The van der Waals surface area contributed by atoms with Crippen molar-refractivity contribution in [2.45, 2.75) is 62.5 Å². The average molecular weight is 723 g/mol. The van der Waals surface area contributed by atoms with Crippen LogP contribution in [0.2, 0.25) is 0 Å². The van der Waals surface area contributed by atoms with Crippen LogP contribution in [0, 0.1) is 11.8 Å². The number of likely N-dealkylation sites (tertiary alicyclic amines) is 1. The molecule has 5 bridgehead atoms. The molecule has 2 aromatic carbocycles. The molecule has 12 heteroatoms. The lowest BCUT2D eigenvalue weighted by Crippen LogP contribution is -2.56. The molecule has 6 rings (SSSR count). The summed E-state index contributed by atoms with van der Waals surface area (Å²) in [6, 6.07) is 14.5. The number of aliphatic hydroxyl groups is 1. The Labute approximate surface area is 288 Å². The maximum atomic E-state index is 14.9. The molecule has 0 aliphatic carbocycles. The summed E-state index contributed by atoms with van der Waals surface area (Å²) in [4.78, 5) is 59.8. The van der Waals surface area contributed by atoms with Crippen molar-refractivity contribution in [3.05, 3.63) is 82.9 Å². The predicted octanol–water partition coefficient (Wildman–Crippen LogP) is 3.81. The fourth-order valence-corrected chi connectivity index (χ4v) is 8.09. The summed E-state index contributed by atoms with van der Waals surface area (Å²) in [5.74, 6) is -3.07. The summed E-state index contributed by atoms with van der Waals surface area (Å²) < 4.78 is 18.7. The number of benzene rings is 2. The Hall–Kier alpha value is -4.00. The predicted molar refractivity (Wildman–Crippen MR) is 180 cm³/mol. The number of anilines is 1. The number of carbonyl (C=O) groups excluding carboxylic acids is 4. The SMILES string of the molecule is COc1ccc(N2C/C=C\CCC(=O)N[C@H](C)[C@@H](c3ccccc3)OC(=O)[C@@H]3[C@H]4O[C@@]5(C=C4Br)[C@H](C2=O)N(CCCCO)C(=O)[C@@H]35)cc1. The number of carbonyl (C=O) groups is 4. The zero-order valence-electron chi connectivity index (χ0n) is 26.9. The van der Waals surface area contributed by atoms with E-state index in [9.17, 15) is 24.3 Å². The zero-order chi connectivity index (χ0) is 34.0. The minimum Gasteiger partial charge on any atom is -0.497 e. The number of methoxy groups -OCH3 is 1. The Morgan fingerprint density at radius 3 is 2.46 bits per heavy atom. The lowest BCUT2D eigenvalue weighted by molar-refractivity contribution is -0.161. The van der Waals surface area contributed by atoms with E-state index >= 15 is 0 Å². The van der Waals surface area contributed by atoms with Crippen molar-refractivity contribution in [1.82, 2.24) is 10.2 Å². The van der Waals surface area contributed by atoms with E-state index in [1.54, 1.807) is 49.3 Å². The van der Waals surface area contributed by atoms with Crippen LogP contribution in [-0.4, -0.2) is 84.3 Å². The fraction of sp³-hybridized carbons (Fsp3) is 0.444. The normalized spacial score (nSPS) is 31.3. The average Bonchev–Trinajstić information content (AvgIpc) is 3.68. The van der Waals surface area contributed by atoms with E-state index in [1.165, 1.54) is 4.90 Å². The van der Waals surface area contributed by atoms with Gasteiger partial charge in [-0.3, -0.25) is 19.2 Å². The Morgan fingerprint density at radius 1 is 1.00 bits per heavy atom. The summed E-state index contributed by atoms with van der Waals surface area (Å²) in [6.45, 7) is 2.07. The standard InChI is InChI=1S/C36H40BrN3O8/c1-22-30(23-11-5-3-6-12-23)47-35(45)28-29-33(43)40(19-9-10-20-41)32(36(29)21-26(37)31(28)48-36)34(44)39(18-8-4-7-13-27(42)38-22)24-14-16-25(46-2)17-15-24/h3-6,8,11-12,14-17,21-22,28-32,41H,7,9-10,13,18-20H2,1-2H3,(H,38,42)/b8-4-/t22-,28+,29-,30+,31+,32+,36-/m1/s1. The van der Waals surface area contributed by atoms with Crippen LogP contribution in [0.1, 0.15) is 44.3 Å². The van der Waals surface area contributed by atoms with Crippen LogP contribution < -0.4 is 15.0 Å². The van der Waals surface area contributed by atoms with E-state index in [4.69, 9.17) is 14.2 Å². The van der Waals surface area contributed by atoms with Gasteiger partial charge in [-0.15, -0.1) is 0 Å². The van der Waals surface area contributed by atoms with Crippen molar-refractivity contribution < 1.29 is 38.5 Å². The maximum absolute atomic E-state index is 14.9. The van der Waals surface area contributed by atoms with E-state index in [0.717, 1.165) is 0 Å². The molecule has 0 radical (unpaired) electrons. The lowest BCUT2D eigenvalue weighted by Gasteiger charge is -2.36. The van der Waals surface area contributed by atoms with Gasteiger partial charge >= 0.3 is 5.97 Å². The molecular formula is C36H40BrN3O8. The van der Waals surface area contributed by atoms with Gasteiger partial charge < -0.3 is 34.4 Å². The van der Waals surface area contributed by atoms with Gasteiger partial charge in [0.1, 0.15) is 35.5 Å². The number of unbranched alkanes of at least 4 members (excludes halogenated alkanes) is 1. The maximum Gasteiger partial charge on any atom is 0.313 e. The first-order chi connectivity index (χ1) is 23.2. The number of fused-ring (bicyclic) bond motifs is 2. The van der Waals surface area contributed by atoms with Crippen molar-refractivity contribution in [2.75, 3.05) is 31.7 Å². The molecule has 4 aliphatic heterocycles. The highest BCUT2D eigenvalue weighted by molar-refractivity contribution is 9.11. The van der Waals surface area contributed by atoms with E-state index < -0.39 is 47.7 Å². The lowest BCUT2D eigenvalue weighted by atomic mass is 9.74. The number of hydrogen-bond donors (Lipinski definition) is 2. The molecule has 1 spiro atoms. The molecule has 2 saturated heterocycles. The van der Waals surface area contributed by atoms with Gasteiger partial charge in [0.2, 0.25) is 11.8 Å².